The quantitative estimate of drug-likeness (QED) is 0.837. The second-order valence-corrected chi connectivity index (χ2v) is 5.09. The maximum absolute atomic E-state index is 13.5. The van der Waals surface area contributed by atoms with Crippen LogP contribution in [0.2, 0.25) is 0 Å². The molecule has 2 rings (SSSR count). The number of nitrogens with one attached hydrogen (secondary N) is 1. The van der Waals surface area contributed by atoms with E-state index in [0.717, 1.165) is 12.1 Å². The molecule has 0 aliphatic rings. The van der Waals surface area contributed by atoms with E-state index in [0.29, 0.717) is 17.5 Å². The maximum atomic E-state index is 13.5. The first-order chi connectivity index (χ1) is 9.27. The van der Waals surface area contributed by atoms with Gasteiger partial charge in [-0.1, -0.05) is 17.4 Å². The van der Waals surface area contributed by atoms with E-state index in [1.165, 1.54) is 6.07 Å². The molecule has 2 aromatic rings. The Morgan fingerprint density at radius 1 is 1.25 bits per heavy atom. The number of aromatic nitrogens is 1. The Kier molecular flexibility index (Phi) is 3.94. The number of benzene rings is 1. The lowest BCUT2D eigenvalue weighted by Gasteiger charge is -2.14. The molecule has 0 amide bonds. The summed E-state index contributed by atoms with van der Waals surface area (Å²) in [6, 6.07) is 2.40. The minimum absolute atomic E-state index is 0.0218. The van der Waals surface area contributed by atoms with Gasteiger partial charge < -0.3 is 5.32 Å². The lowest BCUT2D eigenvalue weighted by atomic mass is 10.1. The molecule has 1 aromatic heterocycles. The third kappa shape index (κ3) is 3.24. The Bertz CT molecular complexity index is 608. The summed E-state index contributed by atoms with van der Waals surface area (Å²) in [5.41, 5.74) is 0.148. The van der Waals surface area contributed by atoms with Crippen molar-refractivity contribution in [3.63, 3.8) is 0 Å². The summed E-state index contributed by atoms with van der Waals surface area (Å²) in [5.74, 6) is -1.48. The van der Waals surface area contributed by atoms with Crippen molar-refractivity contribution in [2.24, 2.45) is 0 Å². The van der Waals surface area contributed by atoms with Crippen molar-refractivity contribution < 1.29 is 22.0 Å². The molecule has 108 valence electrons. The molecule has 0 fully saturated rings. The molecule has 8 heteroatoms. The first kappa shape index (κ1) is 14.7. The zero-order valence-corrected chi connectivity index (χ0v) is 10.9. The normalized spacial score (nSPS) is 13.3. The molecular weight excluding hydrogens is 299 g/mol. The third-order valence-electron chi connectivity index (χ3n) is 2.55. The van der Waals surface area contributed by atoms with Gasteiger partial charge in [-0.05, 0) is 13.0 Å². The number of anilines is 1. The van der Waals surface area contributed by atoms with Crippen LogP contribution in [-0.2, 0) is 6.18 Å². The second kappa shape index (κ2) is 5.35. The van der Waals surface area contributed by atoms with Gasteiger partial charge in [0.15, 0.2) is 5.13 Å². The smallest absolute Gasteiger partial charge is 0.355 e. The highest BCUT2D eigenvalue weighted by Gasteiger charge is 2.33. The fourth-order valence-corrected chi connectivity index (χ4v) is 2.36. The lowest BCUT2D eigenvalue weighted by molar-refractivity contribution is -0.134. The van der Waals surface area contributed by atoms with Gasteiger partial charge >= 0.3 is 6.18 Å². The van der Waals surface area contributed by atoms with Crippen LogP contribution in [0.15, 0.2) is 24.4 Å². The van der Waals surface area contributed by atoms with Crippen LogP contribution in [0, 0.1) is 11.6 Å². The molecule has 0 radical (unpaired) electrons. The predicted molar refractivity (Wildman–Crippen MR) is 65.5 cm³/mol. The van der Waals surface area contributed by atoms with E-state index in [1.54, 1.807) is 6.92 Å². The van der Waals surface area contributed by atoms with Gasteiger partial charge in [0.05, 0.1) is 12.2 Å². The first-order valence-electron chi connectivity index (χ1n) is 5.52. The molecule has 1 atom stereocenters. The van der Waals surface area contributed by atoms with Gasteiger partial charge in [0, 0.05) is 11.6 Å². The Morgan fingerprint density at radius 2 is 1.95 bits per heavy atom. The number of alkyl halides is 3. The van der Waals surface area contributed by atoms with Crippen molar-refractivity contribution in [1.82, 2.24) is 4.98 Å². The average Bonchev–Trinajstić information content (AvgIpc) is 2.76. The van der Waals surface area contributed by atoms with Gasteiger partial charge in [-0.15, -0.1) is 0 Å². The number of rotatable bonds is 3. The van der Waals surface area contributed by atoms with E-state index in [-0.39, 0.29) is 10.7 Å². The number of thiazole rings is 1. The fourth-order valence-electron chi connectivity index (χ4n) is 1.59. The molecular formula is C12H9F5N2S. The van der Waals surface area contributed by atoms with Crippen LogP contribution in [0.3, 0.4) is 0 Å². The van der Waals surface area contributed by atoms with Gasteiger partial charge in [-0.2, -0.15) is 13.2 Å². The van der Waals surface area contributed by atoms with Crippen molar-refractivity contribution in [3.05, 3.63) is 46.5 Å². The predicted octanol–water partition coefficient (Wildman–Crippen LogP) is 4.61. The zero-order valence-electron chi connectivity index (χ0n) is 10.1. The highest BCUT2D eigenvalue weighted by atomic mass is 32.1. The van der Waals surface area contributed by atoms with E-state index >= 15 is 0 Å². The number of halogens is 5. The van der Waals surface area contributed by atoms with Crippen LogP contribution < -0.4 is 5.32 Å². The fraction of sp³-hybridized carbons (Fsp3) is 0.250. The Labute approximate surface area is 115 Å². The molecule has 1 aromatic carbocycles. The molecule has 0 saturated heterocycles. The summed E-state index contributed by atoms with van der Waals surface area (Å²) < 4.78 is 63.5. The van der Waals surface area contributed by atoms with Crippen LogP contribution in [0.4, 0.5) is 27.1 Å². The number of nitrogens with zero attached hydrogens (tertiary/aromatic N) is 1. The maximum Gasteiger partial charge on any atom is 0.427 e. The molecule has 1 unspecified atom stereocenters. The van der Waals surface area contributed by atoms with E-state index in [1.807, 2.05) is 0 Å². The largest absolute Gasteiger partial charge is 0.427 e. The Morgan fingerprint density at radius 3 is 2.50 bits per heavy atom. The summed E-state index contributed by atoms with van der Waals surface area (Å²) >= 11 is 0.428. The summed E-state index contributed by atoms with van der Waals surface area (Å²) in [6.07, 6.45) is -3.75. The van der Waals surface area contributed by atoms with Crippen molar-refractivity contribution >= 4 is 16.5 Å². The van der Waals surface area contributed by atoms with Crippen molar-refractivity contribution in [2.75, 3.05) is 5.32 Å². The van der Waals surface area contributed by atoms with Gasteiger partial charge in [-0.25, -0.2) is 13.8 Å². The molecule has 1 heterocycles. The Hall–Kier alpha value is -1.70. The van der Waals surface area contributed by atoms with Crippen molar-refractivity contribution in [1.29, 1.82) is 0 Å². The monoisotopic (exact) mass is 308 g/mol. The highest BCUT2D eigenvalue weighted by Crippen LogP contribution is 2.36. The molecule has 0 aliphatic carbocycles. The molecule has 0 spiro atoms. The van der Waals surface area contributed by atoms with Gasteiger partial charge in [0.25, 0.3) is 0 Å². The summed E-state index contributed by atoms with van der Waals surface area (Å²) in [4.78, 5) is 2.75. The van der Waals surface area contributed by atoms with Crippen LogP contribution in [-0.4, -0.2) is 4.98 Å². The van der Waals surface area contributed by atoms with Crippen LogP contribution in [0.25, 0.3) is 0 Å². The lowest BCUT2D eigenvalue weighted by Crippen LogP contribution is -2.08. The molecule has 2 nitrogen and oxygen atoms in total. The van der Waals surface area contributed by atoms with E-state index in [4.69, 9.17) is 0 Å². The van der Waals surface area contributed by atoms with E-state index < -0.39 is 28.7 Å². The minimum Gasteiger partial charge on any atom is -0.355 e. The Balaban J connectivity index is 2.15. The van der Waals surface area contributed by atoms with Crippen molar-refractivity contribution in [3.8, 4) is 0 Å². The summed E-state index contributed by atoms with van der Waals surface area (Å²) in [5, 5.41) is 2.68. The molecule has 0 saturated carbocycles. The molecule has 0 bridgehead atoms. The van der Waals surface area contributed by atoms with E-state index in [9.17, 15) is 22.0 Å². The summed E-state index contributed by atoms with van der Waals surface area (Å²) in [6.45, 7) is 1.55. The van der Waals surface area contributed by atoms with E-state index in [2.05, 4.69) is 10.3 Å². The van der Waals surface area contributed by atoms with Crippen LogP contribution in [0.1, 0.15) is 23.4 Å². The minimum atomic E-state index is -4.46. The number of hydrogen-bond donors (Lipinski definition) is 1. The first-order valence-corrected chi connectivity index (χ1v) is 6.33. The van der Waals surface area contributed by atoms with Gasteiger partial charge in [-0.3, -0.25) is 0 Å². The second-order valence-electron chi connectivity index (χ2n) is 4.06. The van der Waals surface area contributed by atoms with Gasteiger partial charge in [0.1, 0.15) is 16.5 Å². The molecule has 0 aliphatic heterocycles. The third-order valence-corrected chi connectivity index (χ3v) is 3.53. The van der Waals surface area contributed by atoms with Gasteiger partial charge in [0.2, 0.25) is 0 Å². The SMILES string of the molecule is CC(Nc1ncc(C(F)(F)F)s1)c1ccc(F)cc1F. The standard InChI is InChI=1S/C12H9F5N2S/c1-6(8-3-2-7(13)4-9(8)14)19-11-18-5-10(20-11)12(15,16)17/h2-6H,1H3,(H,18,19). The molecule has 1 N–H and O–H groups in total. The van der Waals surface area contributed by atoms with Crippen molar-refractivity contribution in [2.45, 2.75) is 19.1 Å². The topological polar surface area (TPSA) is 24.9 Å². The zero-order chi connectivity index (χ0) is 14.9. The summed E-state index contributed by atoms with van der Waals surface area (Å²) in [7, 11) is 0. The highest BCUT2D eigenvalue weighted by molar-refractivity contribution is 7.15. The van der Waals surface area contributed by atoms with Crippen LogP contribution in [0.5, 0.6) is 0 Å². The average molecular weight is 308 g/mol. The van der Waals surface area contributed by atoms with Crippen LogP contribution >= 0.6 is 11.3 Å². The molecule has 20 heavy (non-hydrogen) atoms. The number of hydrogen-bond acceptors (Lipinski definition) is 3.